The standard InChI is InChI=1S/C19H15F3N2/c1-23-10-8-14-5-7-16(12-17(14)23)24-9-2-3-13-4-6-15(11-18(13)24)19(20,21)22/h2-8,10-12H,9H2,1H3. The molecule has 1 aromatic heterocycles. The molecule has 0 fully saturated rings. The van der Waals surface area contributed by atoms with Gasteiger partial charge in [-0.05, 0) is 41.3 Å². The van der Waals surface area contributed by atoms with Gasteiger partial charge in [-0.25, -0.2) is 0 Å². The number of benzene rings is 2. The topological polar surface area (TPSA) is 8.17 Å². The minimum absolute atomic E-state index is 0.546. The molecule has 3 aromatic rings. The van der Waals surface area contributed by atoms with Crippen molar-refractivity contribution in [3.63, 3.8) is 0 Å². The first-order valence-corrected chi connectivity index (χ1v) is 7.64. The summed E-state index contributed by atoms with van der Waals surface area (Å²) >= 11 is 0. The molecule has 0 radical (unpaired) electrons. The zero-order valence-corrected chi connectivity index (χ0v) is 13.0. The van der Waals surface area contributed by atoms with Gasteiger partial charge in [-0.1, -0.05) is 24.3 Å². The van der Waals surface area contributed by atoms with Crippen LogP contribution >= 0.6 is 0 Å². The second-order valence-corrected chi connectivity index (χ2v) is 5.95. The Bertz CT molecular complexity index is 951. The smallest absolute Gasteiger partial charge is 0.350 e. The molecule has 1 aliphatic heterocycles. The van der Waals surface area contributed by atoms with E-state index in [4.69, 9.17) is 0 Å². The summed E-state index contributed by atoms with van der Waals surface area (Å²) in [5.41, 5.74) is 2.69. The Labute approximate surface area is 137 Å². The van der Waals surface area contributed by atoms with E-state index in [9.17, 15) is 13.2 Å². The lowest BCUT2D eigenvalue weighted by Gasteiger charge is -2.29. The van der Waals surface area contributed by atoms with Crippen molar-refractivity contribution in [2.75, 3.05) is 11.4 Å². The number of hydrogen-bond acceptors (Lipinski definition) is 1. The first-order valence-electron chi connectivity index (χ1n) is 7.64. The molecule has 0 saturated carbocycles. The van der Waals surface area contributed by atoms with Gasteiger partial charge in [-0.3, -0.25) is 0 Å². The van der Waals surface area contributed by atoms with Crippen molar-refractivity contribution < 1.29 is 13.2 Å². The van der Waals surface area contributed by atoms with Gasteiger partial charge in [0.2, 0.25) is 0 Å². The predicted molar refractivity (Wildman–Crippen MR) is 90.4 cm³/mol. The molecule has 2 heterocycles. The van der Waals surface area contributed by atoms with Crippen LogP contribution in [0.1, 0.15) is 11.1 Å². The molecule has 0 bridgehead atoms. The normalized spacial score (nSPS) is 14.2. The molecule has 5 heteroatoms. The molecule has 0 amide bonds. The van der Waals surface area contributed by atoms with Gasteiger partial charge in [0, 0.05) is 36.7 Å². The average molecular weight is 328 g/mol. The van der Waals surface area contributed by atoms with Crippen molar-refractivity contribution in [2.24, 2.45) is 7.05 Å². The average Bonchev–Trinajstić information content (AvgIpc) is 2.93. The molecular weight excluding hydrogens is 313 g/mol. The van der Waals surface area contributed by atoms with Crippen LogP contribution in [-0.2, 0) is 13.2 Å². The maximum Gasteiger partial charge on any atom is 0.416 e. The fraction of sp³-hybridized carbons (Fsp3) is 0.158. The first-order chi connectivity index (χ1) is 11.4. The highest BCUT2D eigenvalue weighted by molar-refractivity contribution is 5.87. The van der Waals surface area contributed by atoms with Crippen LogP contribution in [0.4, 0.5) is 24.5 Å². The molecule has 0 spiro atoms. The molecule has 0 atom stereocenters. The molecule has 2 aromatic carbocycles. The van der Waals surface area contributed by atoms with Crippen LogP contribution in [0, 0.1) is 0 Å². The molecule has 24 heavy (non-hydrogen) atoms. The molecule has 0 N–H and O–H groups in total. The van der Waals surface area contributed by atoms with Crippen LogP contribution in [0.5, 0.6) is 0 Å². The lowest BCUT2D eigenvalue weighted by molar-refractivity contribution is -0.137. The third-order valence-electron chi connectivity index (χ3n) is 4.42. The predicted octanol–water partition coefficient (Wildman–Crippen LogP) is 5.36. The van der Waals surface area contributed by atoms with E-state index in [0.717, 1.165) is 28.2 Å². The van der Waals surface area contributed by atoms with Crippen molar-refractivity contribution in [1.82, 2.24) is 4.57 Å². The largest absolute Gasteiger partial charge is 0.416 e. The minimum Gasteiger partial charge on any atom is -0.350 e. The molecule has 1 aliphatic rings. The second-order valence-electron chi connectivity index (χ2n) is 5.95. The highest BCUT2D eigenvalue weighted by atomic mass is 19.4. The van der Waals surface area contributed by atoms with Gasteiger partial charge in [-0.2, -0.15) is 13.2 Å². The van der Waals surface area contributed by atoms with E-state index in [1.807, 2.05) is 59.1 Å². The van der Waals surface area contributed by atoms with Crippen LogP contribution in [-0.4, -0.2) is 11.1 Å². The van der Waals surface area contributed by atoms with E-state index < -0.39 is 11.7 Å². The molecule has 0 aliphatic carbocycles. The summed E-state index contributed by atoms with van der Waals surface area (Å²) in [7, 11) is 1.96. The van der Waals surface area contributed by atoms with Gasteiger partial charge in [0.25, 0.3) is 0 Å². The lowest BCUT2D eigenvalue weighted by atomic mass is 10.0. The summed E-state index contributed by atoms with van der Waals surface area (Å²) < 4.78 is 41.2. The number of nitrogens with zero attached hydrogens (tertiary/aromatic N) is 2. The van der Waals surface area contributed by atoms with Crippen LogP contribution in [0.25, 0.3) is 17.0 Å². The van der Waals surface area contributed by atoms with Crippen LogP contribution in [0.3, 0.4) is 0 Å². The maximum absolute atomic E-state index is 13.1. The second kappa shape index (κ2) is 5.16. The maximum atomic E-state index is 13.1. The van der Waals surface area contributed by atoms with Gasteiger partial charge >= 0.3 is 6.18 Å². The van der Waals surface area contributed by atoms with Gasteiger partial charge in [-0.15, -0.1) is 0 Å². The van der Waals surface area contributed by atoms with Crippen molar-refractivity contribution in [2.45, 2.75) is 6.18 Å². The summed E-state index contributed by atoms with van der Waals surface area (Å²) in [4.78, 5) is 1.91. The van der Waals surface area contributed by atoms with Crippen molar-refractivity contribution in [3.8, 4) is 0 Å². The number of fused-ring (bicyclic) bond motifs is 2. The fourth-order valence-electron chi connectivity index (χ4n) is 3.14. The summed E-state index contributed by atoms with van der Waals surface area (Å²) in [5, 5.41) is 1.11. The number of alkyl halides is 3. The summed E-state index contributed by atoms with van der Waals surface area (Å²) in [6, 6.07) is 11.9. The first kappa shape index (κ1) is 14.9. The summed E-state index contributed by atoms with van der Waals surface area (Å²) in [5.74, 6) is 0. The van der Waals surface area contributed by atoms with E-state index in [1.54, 1.807) is 0 Å². The van der Waals surface area contributed by atoms with Crippen LogP contribution in [0.15, 0.2) is 54.7 Å². The van der Waals surface area contributed by atoms with Crippen LogP contribution < -0.4 is 4.90 Å². The Kier molecular flexibility index (Phi) is 3.20. The molecule has 122 valence electrons. The summed E-state index contributed by atoms with van der Waals surface area (Å²) in [6.07, 6.45) is 1.46. The molecule has 0 saturated heterocycles. The minimum atomic E-state index is -4.34. The zero-order valence-electron chi connectivity index (χ0n) is 13.0. The monoisotopic (exact) mass is 328 g/mol. The van der Waals surface area contributed by atoms with Gasteiger partial charge in [0.05, 0.1) is 5.56 Å². The number of anilines is 2. The lowest BCUT2D eigenvalue weighted by Crippen LogP contribution is -2.21. The summed E-state index contributed by atoms with van der Waals surface area (Å²) in [6.45, 7) is 0.546. The number of hydrogen-bond donors (Lipinski definition) is 0. The highest BCUT2D eigenvalue weighted by Crippen LogP contribution is 2.38. The molecule has 0 unspecified atom stereocenters. The third-order valence-corrected chi connectivity index (χ3v) is 4.42. The molecule has 4 rings (SSSR count). The van der Waals surface area contributed by atoms with E-state index >= 15 is 0 Å². The molecule has 2 nitrogen and oxygen atoms in total. The molecular formula is C19H15F3N2. The Hall–Kier alpha value is -2.69. The van der Waals surface area contributed by atoms with E-state index in [1.165, 1.54) is 12.1 Å². The van der Waals surface area contributed by atoms with Crippen molar-refractivity contribution in [1.29, 1.82) is 0 Å². The van der Waals surface area contributed by atoms with Gasteiger partial charge in [0.15, 0.2) is 0 Å². The van der Waals surface area contributed by atoms with Gasteiger partial charge in [0.1, 0.15) is 0 Å². The fourth-order valence-corrected chi connectivity index (χ4v) is 3.14. The number of aryl methyl sites for hydroxylation is 1. The van der Waals surface area contributed by atoms with E-state index in [-0.39, 0.29) is 0 Å². The zero-order chi connectivity index (χ0) is 16.9. The van der Waals surface area contributed by atoms with Crippen molar-refractivity contribution in [3.05, 3.63) is 65.9 Å². The highest BCUT2D eigenvalue weighted by Gasteiger charge is 2.32. The Morgan fingerprint density at radius 1 is 1.00 bits per heavy atom. The SMILES string of the molecule is Cn1ccc2ccc(N3CC=Cc4ccc(C(F)(F)F)cc43)cc21. The third kappa shape index (κ3) is 2.37. The number of rotatable bonds is 1. The number of halogens is 3. The van der Waals surface area contributed by atoms with Crippen LogP contribution in [0.2, 0.25) is 0 Å². The van der Waals surface area contributed by atoms with Crippen molar-refractivity contribution >= 4 is 28.4 Å². The van der Waals surface area contributed by atoms with Gasteiger partial charge < -0.3 is 9.47 Å². The Balaban J connectivity index is 1.85. The quantitative estimate of drug-likeness (QED) is 0.583. The number of aromatic nitrogens is 1. The van der Waals surface area contributed by atoms with E-state index in [2.05, 4.69) is 0 Å². The van der Waals surface area contributed by atoms with E-state index in [0.29, 0.717) is 12.2 Å². The Morgan fingerprint density at radius 3 is 2.62 bits per heavy atom. The Morgan fingerprint density at radius 2 is 1.83 bits per heavy atom.